The van der Waals surface area contributed by atoms with E-state index in [2.05, 4.69) is 27.4 Å². The summed E-state index contributed by atoms with van der Waals surface area (Å²) in [5.41, 5.74) is 1.18. The molecule has 0 amide bonds. The van der Waals surface area contributed by atoms with Gasteiger partial charge in [-0.15, -0.1) is 0 Å². The molecule has 84 valence electrons. The fourth-order valence-corrected chi connectivity index (χ4v) is 2.73. The Morgan fingerprint density at radius 2 is 2.13 bits per heavy atom. The summed E-state index contributed by atoms with van der Waals surface area (Å²) in [6.07, 6.45) is 5.70. The van der Waals surface area contributed by atoms with Gasteiger partial charge in [-0.25, -0.2) is 0 Å². The van der Waals surface area contributed by atoms with Crippen LogP contribution < -0.4 is 0 Å². The molecule has 2 unspecified atom stereocenters. The van der Waals surface area contributed by atoms with Crippen molar-refractivity contribution in [2.75, 3.05) is 0 Å². The Balaban J connectivity index is 3.00. The fraction of sp³-hybridized carbons (Fsp3) is 0.643. The minimum atomic E-state index is -0.0474. The van der Waals surface area contributed by atoms with Crippen molar-refractivity contribution in [3.8, 4) is 0 Å². The van der Waals surface area contributed by atoms with E-state index in [0.29, 0.717) is 5.92 Å². The summed E-state index contributed by atoms with van der Waals surface area (Å²) < 4.78 is 0. The molecule has 0 radical (unpaired) electrons. The fourth-order valence-electron chi connectivity index (χ4n) is 2.73. The summed E-state index contributed by atoms with van der Waals surface area (Å²) in [6.45, 7) is 12.5. The van der Waals surface area contributed by atoms with Crippen molar-refractivity contribution in [3.63, 3.8) is 0 Å². The second-order valence-corrected chi connectivity index (χ2v) is 5.22. The maximum atomic E-state index is 12.0. The van der Waals surface area contributed by atoms with Crippen LogP contribution in [0.4, 0.5) is 0 Å². The van der Waals surface area contributed by atoms with Crippen molar-refractivity contribution in [1.29, 1.82) is 0 Å². The third-order valence-electron chi connectivity index (χ3n) is 3.80. The van der Waals surface area contributed by atoms with Crippen LogP contribution in [0.5, 0.6) is 0 Å². The van der Waals surface area contributed by atoms with Crippen molar-refractivity contribution >= 4 is 5.78 Å². The molecule has 1 nitrogen and oxygen atoms in total. The normalized spacial score (nSPS) is 30.8. The highest BCUT2D eigenvalue weighted by Gasteiger charge is 2.42. The van der Waals surface area contributed by atoms with Gasteiger partial charge >= 0.3 is 0 Å². The topological polar surface area (TPSA) is 17.1 Å². The lowest BCUT2D eigenvalue weighted by atomic mass is 9.60. The first-order chi connectivity index (χ1) is 6.91. The van der Waals surface area contributed by atoms with E-state index in [9.17, 15) is 4.79 Å². The molecule has 15 heavy (non-hydrogen) atoms. The van der Waals surface area contributed by atoms with Crippen LogP contribution in [0.1, 0.15) is 40.5 Å². The zero-order valence-electron chi connectivity index (χ0n) is 10.3. The monoisotopic (exact) mass is 206 g/mol. The molecule has 0 bridgehead atoms. The van der Waals surface area contributed by atoms with Gasteiger partial charge in [-0.3, -0.25) is 4.79 Å². The van der Waals surface area contributed by atoms with E-state index in [1.807, 2.05) is 13.0 Å². The summed E-state index contributed by atoms with van der Waals surface area (Å²) in [7, 11) is 0. The van der Waals surface area contributed by atoms with Crippen LogP contribution in [0.2, 0.25) is 0 Å². The van der Waals surface area contributed by atoms with Gasteiger partial charge in [-0.05, 0) is 37.2 Å². The van der Waals surface area contributed by atoms with Gasteiger partial charge in [0.05, 0.1) is 0 Å². The van der Waals surface area contributed by atoms with Gasteiger partial charge in [0.1, 0.15) is 0 Å². The van der Waals surface area contributed by atoms with E-state index >= 15 is 0 Å². The molecule has 0 heterocycles. The molecule has 0 aromatic rings. The third-order valence-corrected chi connectivity index (χ3v) is 3.80. The Morgan fingerprint density at radius 1 is 1.53 bits per heavy atom. The second-order valence-electron chi connectivity index (χ2n) is 5.22. The van der Waals surface area contributed by atoms with Crippen molar-refractivity contribution in [2.45, 2.75) is 40.5 Å². The first kappa shape index (κ1) is 12.2. The van der Waals surface area contributed by atoms with Crippen LogP contribution in [-0.2, 0) is 4.79 Å². The van der Waals surface area contributed by atoms with Gasteiger partial charge in [0, 0.05) is 5.92 Å². The van der Waals surface area contributed by atoms with E-state index in [0.717, 1.165) is 12.8 Å². The lowest BCUT2D eigenvalue weighted by Gasteiger charge is -2.43. The summed E-state index contributed by atoms with van der Waals surface area (Å²) in [5, 5.41) is 0. The first-order valence-electron chi connectivity index (χ1n) is 5.76. The molecule has 1 saturated carbocycles. The summed E-state index contributed by atoms with van der Waals surface area (Å²) >= 11 is 0. The lowest BCUT2D eigenvalue weighted by Crippen LogP contribution is -2.39. The van der Waals surface area contributed by atoms with Crippen molar-refractivity contribution in [2.24, 2.45) is 17.3 Å². The van der Waals surface area contributed by atoms with Crippen LogP contribution in [-0.4, -0.2) is 5.78 Å². The molecule has 0 aromatic heterocycles. The number of hydrogen-bond donors (Lipinski definition) is 0. The van der Waals surface area contributed by atoms with E-state index in [4.69, 9.17) is 0 Å². The molecule has 1 aliphatic rings. The highest BCUT2D eigenvalue weighted by molar-refractivity contribution is 5.92. The van der Waals surface area contributed by atoms with Crippen LogP contribution in [0.25, 0.3) is 0 Å². The molecule has 0 N–H and O–H groups in total. The largest absolute Gasteiger partial charge is 0.295 e. The van der Waals surface area contributed by atoms with E-state index in [-0.39, 0.29) is 17.1 Å². The highest BCUT2D eigenvalue weighted by atomic mass is 16.1. The molecule has 2 atom stereocenters. The summed E-state index contributed by atoms with van der Waals surface area (Å²) in [5.74, 6) is 0.833. The Hall–Kier alpha value is -0.850. The molecule has 1 fully saturated rings. The second kappa shape index (κ2) is 4.34. The summed E-state index contributed by atoms with van der Waals surface area (Å²) in [4.78, 5) is 12.0. The van der Waals surface area contributed by atoms with Crippen molar-refractivity contribution in [3.05, 3.63) is 24.3 Å². The van der Waals surface area contributed by atoms with Gasteiger partial charge in [0.25, 0.3) is 0 Å². The van der Waals surface area contributed by atoms with Crippen LogP contribution >= 0.6 is 0 Å². The molecule has 1 heteroatoms. The molecule has 0 aliphatic heterocycles. The number of rotatable bonds is 2. The number of ketones is 1. The molecule has 0 saturated heterocycles. The Kier molecular flexibility index (Phi) is 3.54. The Labute approximate surface area is 93.3 Å². The maximum absolute atomic E-state index is 12.0. The standard InChI is InChI=1S/C14H22O/c1-6-7-12(15)13-10(2)8-9-11(3)14(13,4)5/h6-7,10,13H,3,8-9H2,1-2,4-5H3/b7-6-. The number of carbonyl (C=O) groups is 1. The van der Waals surface area contributed by atoms with E-state index in [1.54, 1.807) is 6.08 Å². The number of carbonyl (C=O) groups excluding carboxylic acids is 1. The quantitative estimate of drug-likeness (QED) is 0.496. The third kappa shape index (κ3) is 2.22. The van der Waals surface area contributed by atoms with E-state index < -0.39 is 0 Å². The minimum absolute atomic E-state index is 0.0474. The average Bonchev–Trinajstić information content (AvgIpc) is 2.12. The average molecular weight is 206 g/mol. The molecule has 0 aromatic carbocycles. The maximum Gasteiger partial charge on any atom is 0.159 e. The van der Waals surface area contributed by atoms with Crippen LogP contribution in [0, 0.1) is 17.3 Å². The number of hydrogen-bond acceptors (Lipinski definition) is 1. The molecular formula is C14H22O. The Morgan fingerprint density at radius 3 is 2.67 bits per heavy atom. The van der Waals surface area contributed by atoms with Gasteiger partial charge in [-0.1, -0.05) is 39.0 Å². The summed E-state index contributed by atoms with van der Waals surface area (Å²) in [6, 6.07) is 0. The minimum Gasteiger partial charge on any atom is -0.295 e. The lowest BCUT2D eigenvalue weighted by molar-refractivity contribution is -0.123. The SMILES string of the molecule is C=C1CCC(C)C(C(=O)/C=C\C)C1(C)C. The van der Waals surface area contributed by atoms with E-state index in [1.165, 1.54) is 5.57 Å². The molecule has 0 spiro atoms. The Bertz CT molecular complexity index is 296. The van der Waals surface area contributed by atoms with Crippen LogP contribution in [0.15, 0.2) is 24.3 Å². The van der Waals surface area contributed by atoms with Gasteiger partial charge in [0.15, 0.2) is 5.78 Å². The predicted octanol–water partition coefficient (Wildman–Crippen LogP) is 3.76. The van der Waals surface area contributed by atoms with Gasteiger partial charge in [-0.2, -0.15) is 0 Å². The van der Waals surface area contributed by atoms with Gasteiger partial charge in [0.2, 0.25) is 0 Å². The highest BCUT2D eigenvalue weighted by Crippen LogP contribution is 2.47. The zero-order chi connectivity index (χ0) is 11.6. The van der Waals surface area contributed by atoms with Gasteiger partial charge < -0.3 is 0 Å². The predicted molar refractivity (Wildman–Crippen MR) is 64.6 cm³/mol. The molecule has 1 aliphatic carbocycles. The molecule has 1 rings (SSSR count). The smallest absolute Gasteiger partial charge is 0.159 e. The van der Waals surface area contributed by atoms with Crippen molar-refractivity contribution < 1.29 is 4.79 Å². The first-order valence-corrected chi connectivity index (χ1v) is 5.76. The zero-order valence-corrected chi connectivity index (χ0v) is 10.3. The molecular weight excluding hydrogens is 184 g/mol. The van der Waals surface area contributed by atoms with Crippen molar-refractivity contribution in [1.82, 2.24) is 0 Å². The number of allylic oxidation sites excluding steroid dienone is 3. The van der Waals surface area contributed by atoms with Crippen LogP contribution in [0.3, 0.4) is 0 Å².